The molecule has 0 radical (unpaired) electrons. The smallest absolute Gasteiger partial charge is 0.182 e. The van der Waals surface area contributed by atoms with Crippen LogP contribution in [0.5, 0.6) is 0 Å². The van der Waals surface area contributed by atoms with E-state index in [2.05, 4.69) is 0 Å². The number of rotatable bonds is 1. The summed E-state index contributed by atoms with van der Waals surface area (Å²) in [4.78, 5) is 17.8. The summed E-state index contributed by atoms with van der Waals surface area (Å²) in [5.74, 6) is 2.82. The van der Waals surface area contributed by atoms with Gasteiger partial charge in [-0.05, 0) is 43.9 Å². The molecule has 3 atom stereocenters. The predicted octanol–water partition coefficient (Wildman–Crippen LogP) is 3.57. The lowest BCUT2D eigenvalue weighted by Gasteiger charge is -2.18. The van der Waals surface area contributed by atoms with Gasteiger partial charge in [0.05, 0.1) is 5.01 Å². The van der Waals surface area contributed by atoms with Gasteiger partial charge >= 0.3 is 0 Å². The number of nitrogens with zero attached hydrogens (tertiary/aromatic N) is 1. The highest BCUT2D eigenvalue weighted by Gasteiger charge is 2.42. The molecule has 90 valence electrons. The van der Waals surface area contributed by atoms with Crippen molar-refractivity contribution in [2.24, 2.45) is 11.8 Å². The Morgan fingerprint density at radius 1 is 1.18 bits per heavy atom. The maximum atomic E-state index is 11.8. The number of aryl methyl sites for hydroxylation is 1. The average molecular weight is 247 g/mol. The topological polar surface area (TPSA) is 30.0 Å². The minimum Gasteiger partial charge on any atom is -0.292 e. The van der Waals surface area contributed by atoms with Gasteiger partial charge in [-0.3, -0.25) is 4.79 Å². The molecule has 0 saturated heterocycles. The highest BCUT2D eigenvalue weighted by Crippen LogP contribution is 2.53. The summed E-state index contributed by atoms with van der Waals surface area (Å²) in [6.07, 6.45) is 8.42. The van der Waals surface area contributed by atoms with Crippen LogP contribution in [-0.2, 0) is 6.42 Å². The number of fused-ring (bicyclic) bond motifs is 3. The SMILES string of the molecule is O=C1CCCc2sc(C3CC4CCC3C4)nc21. The standard InChI is InChI=1S/C14H17NOS/c16-11-2-1-3-12-13(11)15-14(17-12)10-7-8-4-5-9(10)6-8/h8-10H,1-7H2. The third-order valence-corrected chi connectivity index (χ3v) is 6.09. The lowest BCUT2D eigenvalue weighted by atomic mass is 9.89. The number of ketones is 1. The summed E-state index contributed by atoms with van der Waals surface area (Å²) in [6.45, 7) is 0. The zero-order chi connectivity index (χ0) is 11.4. The second-order valence-electron chi connectivity index (χ2n) is 5.88. The normalized spacial score (nSPS) is 35.3. The van der Waals surface area contributed by atoms with Gasteiger partial charge in [-0.1, -0.05) is 6.42 Å². The molecular formula is C14H17NOS. The molecule has 2 nitrogen and oxygen atoms in total. The van der Waals surface area contributed by atoms with Crippen molar-refractivity contribution in [3.05, 3.63) is 15.6 Å². The van der Waals surface area contributed by atoms with Crippen LogP contribution in [0.15, 0.2) is 0 Å². The maximum absolute atomic E-state index is 11.8. The highest BCUT2D eigenvalue weighted by molar-refractivity contribution is 7.12. The van der Waals surface area contributed by atoms with Crippen molar-refractivity contribution in [3.8, 4) is 0 Å². The lowest BCUT2D eigenvalue weighted by Crippen LogP contribution is -2.10. The van der Waals surface area contributed by atoms with Crippen LogP contribution in [0.2, 0.25) is 0 Å². The number of hydrogen-bond donors (Lipinski definition) is 0. The van der Waals surface area contributed by atoms with Crippen molar-refractivity contribution in [2.45, 2.75) is 50.9 Å². The average Bonchev–Trinajstić information content (AvgIpc) is 3.03. The van der Waals surface area contributed by atoms with Crippen molar-refractivity contribution in [3.63, 3.8) is 0 Å². The number of aromatic nitrogens is 1. The molecule has 2 saturated carbocycles. The lowest BCUT2D eigenvalue weighted by molar-refractivity contribution is 0.0968. The van der Waals surface area contributed by atoms with Gasteiger partial charge < -0.3 is 0 Å². The minimum atomic E-state index is 0.289. The molecule has 4 rings (SSSR count). The van der Waals surface area contributed by atoms with Crippen LogP contribution in [-0.4, -0.2) is 10.8 Å². The van der Waals surface area contributed by atoms with Crippen molar-refractivity contribution < 1.29 is 4.79 Å². The Balaban J connectivity index is 1.69. The molecule has 3 heteroatoms. The molecule has 2 fully saturated rings. The zero-order valence-corrected chi connectivity index (χ0v) is 10.8. The van der Waals surface area contributed by atoms with Crippen LogP contribution >= 0.6 is 11.3 Å². The highest BCUT2D eigenvalue weighted by atomic mass is 32.1. The molecule has 0 N–H and O–H groups in total. The molecule has 1 aromatic heterocycles. The van der Waals surface area contributed by atoms with Crippen LogP contribution in [0.1, 0.15) is 64.8 Å². The van der Waals surface area contributed by atoms with Crippen molar-refractivity contribution in [2.75, 3.05) is 0 Å². The summed E-state index contributed by atoms with van der Waals surface area (Å²) in [7, 11) is 0. The monoisotopic (exact) mass is 247 g/mol. The van der Waals surface area contributed by atoms with Gasteiger partial charge in [0.15, 0.2) is 5.78 Å². The molecule has 17 heavy (non-hydrogen) atoms. The Kier molecular flexibility index (Phi) is 2.20. The third-order valence-electron chi connectivity index (χ3n) is 4.84. The molecule has 1 heterocycles. The van der Waals surface area contributed by atoms with Gasteiger partial charge in [-0.2, -0.15) is 0 Å². The minimum absolute atomic E-state index is 0.289. The summed E-state index contributed by atoms with van der Waals surface area (Å²) >= 11 is 1.84. The first-order valence-electron chi connectivity index (χ1n) is 6.84. The fourth-order valence-corrected chi connectivity index (χ4v) is 5.32. The Bertz CT molecular complexity index is 479. The molecule has 0 aliphatic heterocycles. The van der Waals surface area contributed by atoms with E-state index in [9.17, 15) is 4.79 Å². The van der Waals surface area contributed by atoms with Gasteiger partial charge in [0, 0.05) is 17.2 Å². The molecule has 1 aromatic rings. The van der Waals surface area contributed by atoms with Crippen LogP contribution < -0.4 is 0 Å². The Morgan fingerprint density at radius 2 is 2.12 bits per heavy atom. The molecule has 3 aliphatic carbocycles. The van der Waals surface area contributed by atoms with Crippen LogP contribution in [0, 0.1) is 11.8 Å². The summed E-state index contributed by atoms with van der Waals surface area (Å²) in [5, 5.41) is 1.29. The van der Waals surface area contributed by atoms with E-state index in [4.69, 9.17) is 4.98 Å². The van der Waals surface area contributed by atoms with E-state index in [-0.39, 0.29) is 5.78 Å². The van der Waals surface area contributed by atoms with E-state index < -0.39 is 0 Å². The molecule has 0 spiro atoms. The van der Waals surface area contributed by atoms with E-state index in [1.807, 2.05) is 11.3 Å². The van der Waals surface area contributed by atoms with Crippen LogP contribution in [0.4, 0.5) is 0 Å². The van der Waals surface area contributed by atoms with Gasteiger partial charge in [-0.15, -0.1) is 11.3 Å². The van der Waals surface area contributed by atoms with Gasteiger partial charge in [0.2, 0.25) is 0 Å². The predicted molar refractivity (Wildman–Crippen MR) is 67.6 cm³/mol. The van der Waals surface area contributed by atoms with Crippen molar-refractivity contribution >= 4 is 17.1 Å². The molecular weight excluding hydrogens is 230 g/mol. The Labute approximate surface area is 105 Å². The third kappa shape index (κ3) is 1.51. The zero-order valence-electron chi connectivity index (χ0n) is 9.95. The Morgan fingerprint density at radius 3 is 2.82 bits per heavy atom. The first kappa shape index (κ1) is 10.2. The second kappa shape index (κ2) is 3.64. The first-order chi connectivity index (χ1) is 8.31. The van der Waals surface area contributed by atoms with E-state index >= 15 is 0 Å². The number of thiazole rings is 1. The number of hydrogen-bond acceptors (Lipinski definition) is 3. The number of Topliss-reactive ketones (excluding diaryl/α,β-unsaturated/α-hetero) is 1. The van der Waals surface area contributed by atoms with E-state index in [1.165, 1.54) is 35.6 Å². The molecule has 0 aromatic carbocycles. The van der Waals surface area contributed by atoms with E-state index in [0.29, 0.717) is 12.3 Å². The number of carbonyl (C=O) groups is 1. The molecule has 3 aliphatic rings. The van der Waals surface area contributed by atoms with E-state index in [1.54, 1.807) is 0 Å². The van der Waals surface area contributed by atoms with Gasteiger partial charge in [0.1, 0.15) is 5.69 Å². The number of carbonyl (C=O) groups excluding carboxylic acids is 1. The summed E-state index contributed by atoms with van der Waals surface area (Å²) < 4.78 is 0. The van der Waals surface area contributed by atoms with Gasteiger partial charge in [0.25, 0.3) is 0 Å². The summed E-state index contributed by atoms with van der Waals surface area (Å²) in [5.41, 5.74) is 0.832. The largest absolute Gasteiger partial charge is 0.292 e. The Hall–Kier alpha value is -0.700. The fourth-order valence-electron chi connectivity index (χ4n) is 3.99. The fraction of sp³-hybridized carbons (Fsp3) is 0.714. The summed E-state index contributed by atoms with van der Waals surface area (Å²) in [6, 6.07) is 0. The first-order valence-corrected chi connectivity index (χ1v) is 7.65. The van der Waals surface area contributed by atoms with Crippen LogP contribution in [0.25, 0.3) is 0 Å². The maximum Gasteiger partial charge on any atom is 0.182 e. The van der Waals surface area contributed by atoms with Crippen molar-refractivity contribution in [1.29, 1.82) is 0 Å². The second-order valence-corrected chi connectivity index (χ2v) is 7.00. The van der Waals surface area contributed by atoms with Crippen molar-refractivity contribution in [1.82, 2.24) is 4.98 Å². The molecule has 2 bridgehead atoms. The molecule has 0 amide bonds. The quantitative estimate of drug-likeness (QED) is 0.759. The van der Waals surface area contributed by atoms with E-state index in [0.717, 1.165) is 30.4 Å². The van der Waals surface area contributed by atoms with Crippen LogP contribution in [0.3, 0.4) is 0 Å². The van der Waals surface area contributed by atoms with Gasteiger partial charge in [-0.25, -0.2) is 4.98 Å². The molecule has 3 unspecified atom stereocenters.